The fourth-order valence-electron chi connectivity index (χ4n) is 6.42. The zero-order valence-electron chi connectivity index (χ0n) is 33.1. The van der Waals surface area contributed by atoms with E-state index in [1.165, 1.54) is 67.5 Å². The van der Waals surface area contributed by atoms with Crippen molar-refractivity contribution < 1.29 is 53.7 Å². The van der Waals surface area contributed by atoms with Crippen LogP contribution < -0.4 is 5.73 Å². The van der Waals surface area contributed by atoms with Crippen LogP contribution in [0.2, 0.25) is 0 Å². The number of furan rings is 2. The number of hydrogen-bond acceptors (Lipinski definition) is 11. The average Bonchev–Trinajstić information content (AvgIpc) is 4.14. The molecule has 5 aromatic heterocycles. The SMILES string of the molecule is Fc1ccc(-c2cccc(-c3nc(-c4ccoc4)cc(C(F)(F)F)n3)c2)cc1-c1nc(=S)o[nH]1.N/C(=N/O)c1cc(-c2cccc(-c3nc(-c4ccoc4)cc(C(F)(F)F)n3)c2)ccc1F. The largest absolute Gasteiger partial charge is 0.472 e. The van der Waals surface area contributed by atoms with Crippen LogP contribution in [0, 0.1) is 16.5 Å². The van der Waals surface area contributed by atoms with Crippen LogP contribution in [0.25, 0.3) is 78.9 Å². The first-order valence-electron chi connectivity index (χ1n) is 18.9. The lowest BCUT2D eigenvalue weighted by molar-refractivity contribution is -0.141. The Kier molecular flexibility index (Phi) is 12.1. The topological polar surface area (TPSA) is 178 Å². The molecule has 0 saturated heterocycles. The van der Waals surface area contributed by atoms with Crippen molar-refractivity contribution in [2.75, 3.05) is 0 Å². The lowest BCUT2D eigenvalue weighted by Crippen LogP contribution is -2.15. The first-order chi connectivity index (χ1) is 31.5. The molecular formula is C45H26F8N8O4S. The van der Waals surface area contributed by atoms with E-state index in [9.17, 15) is 35.1 Å². The maximum atomic E-state index is 14.4. The third-order valence-electron chi connectivity index (χ3n) is 9.58. The van der Waals surface area contributed by atoms with E-state index in [1.54, 1.807) is 48.5 Å². The van der Waals surface area contributed by atoms with E-state index >= 15 is 0 Å². The third-order valence-corrected chi connectivity index (χ3v) is 9.76. The Morgan fingerprint density at radius 3 is 1.52 bits per heavy atom. The Labute approximate surface area is 370 Å². The number of aromatic amines is 1. The van der Waals surface area contributed by atoms with Gasteiger partial charge in [0, 0.05) is 22.3 Å². The van der Waals surface area contributed by atoms with E-state index in [4.69, 9.17) is 36.5 Å². The highest BCUT2D eigenvalue weighted by Gasteiger charge is 2.35. The van der Waals surface area contributed by atoms with Gasteiger partial charge in [0.25, 0.3) is 0 Å². The predicted octanol–water partition coefficient (Wildman–Crippen LogP) is 12.3. The van der Waals surface area contributed by atoms with E-state index in [2.05, 4.69) is 35.2 Å². The summed E-state index contributed by atoms with van der Waals surface area (Å²) in [5.41, 5.74) is 7.11. The van der Waals surface area contributed by atoms with Crippen molar-refractivity contribution in [2.24, 2.45) is 10.9 Å². The maximum absolute atomic E-state index is 14.4. The molecule has 0 aliphatic rings. The molecule has 0 spiro atoms. The standard InChI is InChI=1S/C23H12F4N4O2S.C22H14F4N4O2/c24-17-5-4-13(9-16(17)21-30-22(34)33-31-21)12-2-1-3-14(8-12)20-28-18(15-6-7-32-11-15)10-19(29-20)23(25,26)27;23-17-5-4-13(9-16(17)20(27)30-31)12-2-1-3-14(8-12)21-28-18(15-6-7-32-11-15)10-19(29-21)22(24,25)26/h1-11H,(H,30,31,34);1-11,31H,(H2,27,30). The molecule has 0 aliphatic heterocycles. The van der Waals surface area contributed by atoms with E-state index < -0.39 is 41.2 Å². The molecule has 4 N–H and O–H groups in total. The Morgan fingerprint density at radius 2 is 1.06 bits per heavy atom. The maximum Gasteiger partial charge on any atom is 0.433 e. The van der Waals surface area contributed by atoms with Crippen molar-refractivity contribution in [1.82, 2.24) is 30.1 Å². The minimum Gasteiger partial charge on any atom is -0.472 e. The fourth-order valence-corrected chi connectivity index (χ4v) is 6.55. The summed E-state index contributed by atoms with van der Waals surface area (Å²) in [5.74, 6) is -1.79. The van der Waals surface area contributed by atoms with Gasteiger partial charge >= 0.3 is 17.2 Å². The van der Waals surface area contributed by atoms with Gasteiger partial charge in [-0.2, -0.15) is 31.3 Å². The second-order valence-electron chi connectivity index (χ2n) is 13.9. The van der Waals surface area contributed by atoms with Crippen LogP contribution in [0.3, 0.4) is 0 Å². The summed E-state index contributed by atoms with van der Waals surface area (Å²) in [6, 6.07) is 26.0. The summed E-state index contributed by atoms with van der Waals surface area (Å²) >= 11 is 4.82. The van der Waals surface area contributed by atoms with Gasteiger partial charge in [-0.05, 0) is 95.1 Å². The highest BCUT2D eigenvalue weighted by molar-refractivity contribution is 7.71. The minimum absolute atomic E-state index is 0.0532. The first kappa shape index (κ1) is 44.3. The number of oxime groups is 1. The van der Waals surface area contributed by atoms with Gasteiger partial charge in [0.05, 0.1) is 47.6 Å². The molecule has 0 bridgehead atoms. The third kappa shape index (κ3) is 9.74. The summed E-state index contributed by atoms with van der Waals surface area (Å²) in [4.78, 5) is 19.9. The molecular weight excluding hydrogens is 901 g/mol. The number of halogens is 8. The zero-order valence-corrected chi connectivity index (χ0v) is 33.9. The second kappa shape index (κ2) is 18.0. The lowest BCUT2D eigenvalue weighted by atomic mass is 10.00. The second-order valence-corrected chi connectivity index (χ2v) is 14.3. The predicted molar refractivity (Wildman–Crippen MR) is 224 cm³/mol. The number of amidine groups is 1. The molecule has 9 aromatic rings. The van der Waals surface area contributed by atoms with Crippen LogP contribution >= 0.6 is 12.2 Å². The molecule has 0 amide bonds. The number of alkyl halides is 6. The monoisotopic (exact) mass is 926 g/mol. The van der Waals surface area contributed by atoms with Crippen LogP contribution in [0.5, 0.6) is 0 Å². The van der Waals surface area contributed by atoms with E-state index in [-0.39, 0.29) is 44.8 Å². The summed E-state index contributed by atoms with van der Waals surface area (Å²) in [6.45, 7) is 0. The van der Waals surface area contributed by atoms with Crippen molar-refractivity contribution in [2.45, 2.75) is 12.4 Å². The van der Waals surface area contributed by atoms with Crippen molar-refractivity contribution >= 4 is 18.1 Å². The van der Waals surface area contributed by atoms with Gasteiger partial charge in [-0.3, -0.25) is 0 Å². The van der Waals surface area contributed by atoms with Crippen molar-refractivity contribution in [1.29, 1.82) is 0 Å². The van der Waals surface area contributed by atoms with Gasteiger partial charge in [0.2, 0.25) is 0 Å². The summed E-state index contributed by atoms with van der Waals surface area (Å²) in [6.07, 6.45) is -4.08. The highest BCUT2D eigenvalue weighted by Crippen LogP contribution is 2.36. The Hall–Kier alpha value is -8.33. The first-order valence-corrected chi connectivity index (χ1v) is 19.3. The summed E-state index contributed by atoms with van der Waals surface area (Å²) < 4.78 is 124. The number of nitrogens with one attached hydrogen (secondary N) is 1. The van der Waals surface area contributed by atoms with Gasteiger partial charge in [0.15, 0.2) is 23.3 Å². The lowest BCUT2D eigenvalue weighted by Gasteiger charge is -2.11. The Balaban J connectivity index is 0.000000180. The Morgan fingerprint density at radius 1 is 0.576 bits per heavy atom. The number of H-pyrrole nitrogens is 1. The van der Waals surface area contributed by atoms with E-state index in [1.807, 2.05) is 0 Å². The van der Waals surface area contributed by atoms with Crippen molar-refractivity contribution in [3.8, 4) is 78.9 Å². The quantitative estimate of drug-likeness (QED) is 0.0330. The van der Waals surface area contributed by atoms with Crippen LogP contribution in [0.4, 0.5) is 35.1 Å². The van der Waals surface area contributed by atoms with E-state index in [0.717, 1.165) is 18.2 Å². The molecule has 0 saturated carbocycles. The summed E-state index contributed by atoms with van der Waals surface area (Å²) in [5, 5.41) is 14.1. The molecule has 66 heavy (non-hydrogen) atoms. The molecule has 12 nitrogen and oxygen atoms in total. The van der Waals surface area contributed by atoms with Gasteiger partial charge in [-0.25, -0.2) is 33.9 Å². The molecule has 9 rings (SSSR count). The zero-order chi connectivity index (χ0) is 46.8. The summed E-state index contributed by atoms with van der Waals surface area (Å²) in [7, 11) is 0. The smallest absolute Gasteiger partial charge is 0.433 e. The molecule has 0 fully saturated rings. The normalized spacial score (nSPS) is 11.9. The molecule has 332 valence electrons. The van der Waals surface area contributed by atoms with Gasteiger partial charge < -0.3 is 24.3 Å². The number of nitrogens with zero attached hydrogens (tertiary/aromatic N) is 6. The number of nitrogens with two attached hydrogens (primary N) is 1. The number of rotatable bonds is 8. The van der Waals surface area contributed by atoms with Crippen LogP contribution in [0.15, 0.2) is 153 Å². The van der Waals surface area contributed by atoms with Crippen molar-refractivity contribution in [3.05, 3.63) is 168 Å². The minimum atomic E-state index is -4.68. The highest BCUT2D eigenvalue weighted by atomic mass is 32.1. The van der Waals surface area contributed by atoms with Crippen molar-refractivity contribution in [3.63, 3.8) is 0 Å². The molecule has 0 atom stereocenters. The molecule has 0 radical (unpaired) electrons. The molecule has 21 heteroatoms. The Bertz CT molecular complexity index is 3280. The molecule has 0 unspecified atom stereocenters. The van der Waals surface area contributed by atoms with Crippen LogP contribution in [-0.2, 0) is 12.4 Å². The number of hydrogen-bond donors (Lipinski definition) is 3. The van der Waals surface area contributed by atoms with Crippen LogP contribution in [-0.4, -0.2) is 41.1 Å². The van der Waals surface area contributed by atoms with Gasteiger partial charge in [0.1, 0.15) is 23.0 Å². The fraction of sp³-hybridized carbons (Fsp3) is 0.0444. The van der Waals surface area contributed by atoms with E-state index in [0.29, 0.717) is 44.5 Å². The number of aromatic nitrogens is 6. The average molecular weight is 927 g/mol. The molecule has 0 aliphatic carbocycles. The molecule has 5 heterocycles. The van der Waals surface area contributed by atoms with Gasteiger partial charge in [-0.1, -0.05) is 53.7 Å². The molecule has 4 aromatic carbocycles. The van der Waals surface area contributed by atoms with Crippen LogP contribution in [0.1, 0.15) is 17.0 Å². The number of benzene rings is 4. The van der Waals surface area contributed by atoms with Gasteiger partial charge in [-0.15, -0.1) is 0 Å².